The van der Waals surface area contributed by atoms with Crippen molar-refractivity contribution in [2.45, 2.75) is 39.2 Å². The zero-order valence-electron chi connectivity index (χ0n) is 8.98. The van der Waals surface area contributed by atoms with Gasteiger partial charge >= 0.3 is 0 Å². The lowest BCUT2D eigenvalue weighted by Gasteiger charge is -2.11. The van der Waals surface area contributed by atoms with E-state index in [0.29, 0.717) is 5.92 Å². The summed E-state index contributed by atoms with van der Waals surface area (Å²) in [6.07, 6.45) is 6.04. The average molecular weight is 193 g/mol. The van der Waals surface area contributed by atoms with Gasteiger partial charge in [-0.1, -0.05) is 19.9 Å². The number of rotatable bonds is 5. The molecule has 1 unspecified atom stereocenters. The number of aliphatic hydroxyl groups is 1. The van der Waals surface area contributed by atoms with Crippen molar-refractivity contribution >= 4 is 0 Å². The molecule has 2 nitrogen and oxygen atoms in total. The molecular formula is C12H19NO. The second-order valence-corrected chi connectivity index (χ2v) is 4.19. The van der Waals surface area contributed by atoms with Gasteiger partial charge < -0.3 is 5.11 Å². The molecule has 1 N–H and O–H groups in total. The lowest BCUT2D eigenvalue weighted by Crippen LogP contribution is -2.11. The van der Waals surface area contributed by atoms with Gasteiger partial charge in [0.1, 0.15) is 0 Å². The summed E-state index contributed by atoms with van der Waals surface area (Å²) in [7, 11) is 0. The summed E-state index contributed by atoms with van der Waals surface area (Å²) in [5.41, 5.74) is 1.11. The normalized spacial score (nSPS) is 13.1. The van der Waals surface area contributed by atoms with Gasteiger partial charge in [-0.25, -0.2) is 0 Å². The van der Waals surface area contributed by atoms with Crippen molar-refractivity contribution in [3.63, 3.8) is 0 Å². The Labute approximate surface area is 86.0 Å². The van der Waals surface area contributed by atoms with E-state index < -0.39 is 0 Å². The number of hydrogen-bond acceptors (Lipinski definition) is 2. The molecule has 0 saturated carbocycles. The Morgan fingerprint density at radius 3 is 2.71 bits per heavy atom. The molecule has 0 aliphatic heterocycles. The number of aromatic nitrogens is 1. The molecule has 1 aromatic heterocycles. The van der Waals surface area contributed by atoms with Crippen LogP contribution in [0.3, 0.4) is 0 Å². The first kappa shape index (κ1) is 11.2. The van der Waals surface area contributed by atoms with Crippen molar-refractivity contribution in [3.8, 4) is 0 Å². The smallest absolute Gasteiger partial charge is 0.0581 e. The first-order valence-corrected chi connectivity index (χ1v) is 5.25. The molecule has 1 heterocycles. The van der Waals surface area contributed by atoms with Crippen LogP contribution in [0.5, 0.6) is 0 Å². The molecule has 0 saturated heterocycles. The van der Waals surface area contributed by atoms with Gasteiger partial charge in [0.2, 0.25) is 0 Å². The maximum Gasteiger partial charge on any atom is 0.0581 e. The highest BCUT2D eigenvalue weighted by Crippen LogP contribution is 2.10. The van der Waals surface area contributed by atoms with Crippen LogP contribution in [0.15, 0.2) is 24.5 Å². The highest BCUT2D eigenvalue weighted by Gasteiger charge is 2.06. The predicted molar refractivity (Wildman–Crippen MR) is 58.0 cm³/mol. The Bertz CT molecular complexity index is 246. The molecule has 14 heavy (non-hydrogen) atoms. The number of aliphatic hydroxyl groups excluding tert-OH is 1. The van der Waals surface area contributed by atoms with E-state index >= 15 is 0 Å². The van der Waals surface area contributed by atoms with Crippen LogP contribution in [-0.2, 0) is 6.42 Å². The summed E-state index contributed by atoms with van der Waals surface area (Å²) >= 11 is 0. The molecule has 0 aliphatic rings. The van der Waals surface area contributed by atoms with Crippen molar-refractivity contribution < 1.29 is 5.11 Å². The van der Waals surface area contributed by atoms with Crippen LogP contribution in [0.2, 0.25) is 0 Å². The van der Waals surface area contributed by atoms with Gasteiger partial charge in [0.15, 0.2) is 0 Å². The van der Waals surface area contributed by atoms with Crippen molar-refractivity contribution in [1.82, 2.24) is 4.98 Å². The van der Waals surface area contributed by atoms with Crippen LogP contribution in [0.4, 0.5) is 0 Å². The summed E-state index contributed by atoms with van der Waals surface area (Å²) in [6.45, 7) is 4.35. The molecule has 0 bridgehead atoms. The van der Waals surface area contributed by atoms with E-state index in [0.717, 1.165) is 24.8 Å². The van der Waals surface area contributed by atoms with Crippen LogP contribution in [0.1, 0.15) is 32.3 Å². The zero-order chi connectivity index (χ0) is 10.4. The first-order valence-electron chi connectivity index (χ1n) is 5.25. The van der Waals surface area contributed by atoms with Gasteiger partial charge in [-0.3, -0.25) is 4.98 Å². The predicted octanol–water partition coefficient (Wildman–Crippen LogP) is 2.42. The fourth-order valence-corrected chi connectivity index (χ4v) is 1.42. The standard InChI is InChI=1S/C12H19NO/c1-10(2)5-6-12(14)8-11-4-3-7-13-9-11/h3-4,7,9-10,12,14H,5-6,8H2,1-2H3. The summed E-state index contributed by atoms with van der Waals surface area (Å²) < 4.78 is 0. The molecule has 0 fully saturated rings. The fourth-order valence-electron chi connectivity index (χ4n) is 1.42. The Morgan fingerprint density at radius 1 is 1.36 bits per heavy atom. The van der Waals surface area contributed by atoms with E-state index in [2.05, 4.69) is 18.8 Å². The Kier molecular flexibility index (Phi) is 4.60. The molecule has 1 rings (SSSR count). The quantitative estimate of drug-likeness (QED) is 0.779. The number of nitrogens with zero attached hydrogens (tertiary/aromatic N) is 1. The highest BCUT2D eigenvalue weighted by molar-refractivity contribution is 5.09. The summed E-state index contributed by atoms with van der Waals surface area (Å²) in [5.74, 6) is 0.665. The molecule has 2 heteroatoms. The third-order valence-corrected chi connectivity index (χ3v) is 2.27. The summed E-state index contributed by atoms with van der Waals surface area (Å²) in [6, 6.07) is 3.91. The third-order valence-electron chi connectivity index (χ3n) is 2.27. The number of hydrogen-bond donors (Lipinski definition) is 1. The van der Waals surface area contributed by atoms with Crippen LogP contribution in [0.25, 0.3) is 0 Å². The SMILES string of the molecule is CC(C)CCC(O)Cc1cccnc1. The molecule has 0 amide bonds. The Hall–Kier alpha value is -0.890. The van der Waals surface area contributed by atoms with E-state index in [1.54, 1.807) is 6.20 Å². The maximum absolute atomic E-state index is 9.72. The van der Waals surface area contributed by atoms with Crippen molar-refractivity contribution in [2.24, 2.45) is 5.92 Å². The molecule has 78 valence electrons. The molecule has 1 aromatic rings. The van der Waals surface area contributed by atoms with E-state index in [-0.39, 0.29) is 6.10 Å². The first-order chi connectivity index (χ1) is 6.68. The minimum atomic E-state index is -0.221. The molecule has 0 aliphatic carbocycles. The molecule has 1 atom stereocenters. The van der Waals surface area contributed by atoms with Crippen LogP contribution in [-0.4, -0.2) is 16.2 Å². The lowest BCUT2D eigenvalue weighted by atomic mass is 10.0. The topological polar surface area (TPSA) is 33.1 Å². The summed E-state index contributed by atoms with van der Waals surface area (Å²) in [4.78, 5) is 4.02. The van der Waals surface area contributed by atoms with Gasteiger partial charge in [-0.2, -0.15) is 0 Å². The van der Waals surface area contributed by atoms with Gasteiger partial charge in [0.05, 0.1) is 6.10 Å². The van der Waals surface area contributed by atoms with E-state index in [9.17, 15) is 5.11 Å². The molecule has 0 aromatic carbocycles. The number of pyridine rings is 1. The summed E-state index contributed by atoms with van der Waals surface area (Å²) in [5, 5.41) is 9.72. The molecule has 0 radical (unpaired) electrons. The van der Waals surface area contributed by atoms with Crippen molar-refractivity contribution in [1.29, 1.82) is 0 Å². The van der Waals surface area contributed by atoms with E-state index in [1.165, 1.54) is 0 Å². The maximum atomic E-state index is 9.72. The zero-order valence-corrected chi connectivity index (χ0v) is 8.98. The second kappa shape index (κ2) is 5.76. The minimum Gasteiger partial charge on any atom is -0.393 e. The van der Waals surface area contributed by atoms with Gasteiger partial charge in [0, 0.05) is 12.4 Å². The third kappa shape index (κ3) is 4.38. The van der Waals surface area contributed by atoms with Gasteiger partial charge in [-0.05, 0) is 36.8 Å². The minimum absolute atomic E-state index is 0.221. The monoisotopic (exact) mass is 193 g/mol. The lowest BCUT2D eigenvalue weighted by molar-refractivity contribution is 0.157. The average Bonchev–Trinajstić information content (AvgIpc) is 2.16. The molecular weight excluding hydrogens is 174 g/mol. The highest BCUT2D eigenvalue weighted by atomic mass is 16.3. The molecule has 0 spiro atoms. The van der Waals surface area contributed by atoms with Crippen LogP contribution < -0.4 is 0 Å². The Morgan fingerprint density at radius 2 is 2.14 bits per heavy atom. The van der Waals surface area contributed by atoms with E-state index in [1.807, 2.05) is 18.3 Å². The van der Waals surface area contributed by atoms with Crippen LogP contribution >= 0.6 is 0 Å². The largest absolute Gasteiger partial charge is 0.393 e. The van der Waals surface area contributed by atoms with Crippen LogP contribution in [0, 0.1) is 5.92 Å². The second-order valence-electron chi connectivity index (χ2n) is 4.19. The fraction of sp³-hybridized carbons (Fsp3) is 0.583. The van der Waals surface area contributed by atoms with Gasteiger partial charge in [0.25, 0.3) is 0 Å². The van der Waals surface area contributed by atoms with Crippen molar-refractivity contribution in [3.05, 3.63) is 30.1 Å². The Balaban J connectivity index is 2.30. The van der Waals surface area contributed by atoms with Gasteiger partial charge in [-0.15, -0.1) is 0 Å². The van der Waals surface area contributed by atoms with Crippen molar-refractivity contribution in [2.75, 3.05) is 0 Å². The van der Waals surface area contributed by atoms with E-state index in [4.69, 9.17) is 0 Å².